The minimum atomic E-state index is -0.579. The highest BCUT2D eigenvalue weighted by Crippen LogP contribution is 2.31. The van der Waals surface area contributed by atoms with Crippen molar-refractivity contribution < 1.29 is 9.59 Å². The average molecular weight is 228 g/mol. The van der Waals surface area contributed by atoms with Crippen LogP contribution in [-0.2, 0) is 9.59 Å². The van der Waals surface area contributed by atoms with Crippen molar-refractivity contribution in [1.29, 1.82) is 0 Å². The molecule has 0 bridgehead atoms. The number of hydrogen-bond acceptors (Lipinski definition) is 3. The van der Waals surface area contributed by atoms with Gasteiger partial charge in [-0.25, -0.2) is 4.98 Å². The number of nitrogens with one attached hydrogen (secondary N) is 1. The number of aromatic nitrogens is 2. The number of hydrogen-bond donors (Lipinski definition) is 1. The molecule has 4 heteroatoms. The number of H-pyrrole nitrogens is 1. The van der Waals surface area contributed by atoms with E-state index in [0.717, 1.165) is 16.6 Å². The highest BCUT2D eigenvalue weighted by Gasteiger charge is 2.32. The Morgan fingerprint density at radius 3 is 2.71 bits per heavy atom. The summed E-state index contributed by atoms with van der Waals surface area (Å²) in [5.74, 6) is -0.505. The number of nitrogens with zero attached hydrogens (tertiary/aromatic N) is 1. The van der Waals surface area contributed by atoms with Crippen molar-refractivity contribution in [3.8, 4) is 0 Å². The molecule has 0 aliphatic heterocycles. The van der Waals surface area contributed by atoms with Crippen molar-refractivity contribution >= 4 is 22.6 Å². The maximum Gasteiger partial charge on any atom is 0.147 e. The standard InChI is InChI=1S/C13H12N2O2/c16-10-2-1-3-11(17)12(10)8-4-6-14-13-9(8)5-7-15-13/h4-7,12H,1-3H2,(H,14,15). The topological polar surface area (TPSA) is 62.8 Å². The summed E-state index contributed by atoms with van der Waals surface area (Å²) in [6.45, 7) is 0. The van der Waals surface area contributed by atoms with Crippen LogP contribution in [-0.4, -0.2) is 21.5 Å². The molecule has 2 heterocycles. The molecule has 0 saturated heterocycles. The van der Waals surface area contributed by atoms with Gasteiger partial charge in [0.1, 0.15) is 23.1 Å². The third-order valence-corrected chi connectivity index (χ3v) is 3.30. The number of ketones is 2. The Hall–Kier alpha value is -1.97. The number of rotatable bonds is 1. The lowest BCUT2D eigenvalue weighted by Crippen LogP contribution is -2.26. The van der Waals surface area contributed by atoms with Gasteiger partial charge < -0.3 is 4.98 Å². The molecule has 0 aromatic carbocycles. The Bertz CT molecular complexity index is 584. The first-order chi connectivity index (χ1) is 8.27. The van der Waals surface area contributed by atoms with Crippen LogP contribution in [0.1, 0.15) is 30.7 Å². The Morgan fingerprint density at radius 2 is 1.94 bits per heavy atom. The maximum atomic E-state index is 11.9. The summed E-state index contributed by atoms with van der Waals surface area (Å²) in [5.41, 5.74) is 1.53. The molecule has 4 nitrogen and oxygen atoms in total. The summed E-state index contributed by atoms with van der Waals surface area (Å²) in [6, 6.07) is 3.65. The quantitative estimate of drug-likeness (QED) is 0.759. The second kappa shape index (κ2) is 3.80. The zero-order valence-electron chi connectivity index (χ0n) is 9.27. The third-order valence-electron chi connectivity index (χ3n) is 3.30. The monoisotopic (exact) mass is 228 g/mol. The van der Waals surface area contributed by atoms with Gasteiger partial charge in [-0.1, -0.05) is 0 Å². The Balaban J connectivity index is 2.16. The first-order valence-corrected chi connectivity index (χ1v) is 5.75. The second-order valence-corrected chi connectivity index (χ2v) is 4.36. The van der Waals surface area contributed by atoms with Crippen molar-refractivity contribution in [2.75, 3.05) is 0 Å². The van der Waals surface area contributed by atoms with Crippen molar-refractivity contribution in [2.24, 2.45) is 0 Å². The molecule has 0 spiro atoms. The molecule has 0 atom stereocenters. The number of carbonyl (C=O) groups is 2. The van der Waals surface area contributed by atoms with Crippen molar-refractivity contribution in [2.45, 2.75) is 25.2 Å². The first-order valence-electron chi connectivity index (χ1n) is 5.75. The van der Waals surface area contributed by atoms with E-state index in [0.29, 0.717) is 19.3 Å². The molecule has 0 unspecified atom stereocenters. The molecule has 17 heavy (non-hydrogen) atoms. The van der Waals surface area contributed by atoms with E-state index in [1.54, 1.807) is 18.5 Å². The molecule has 86 valence electrons. The zero-order valence-corrected chi connectivity index (χ0v) is 9.27. The van der Waals surface area contributed by atoms with Crippen LogP contribution in [0, 0.1) is 0 Å². The van der Waals surface area contributed by atoms with Gasteiger partial charge in [0.2, 0.25) is 0 Å². The third kappa shape index (κ3) is 1.56. The first kappa shape index (κ1) is 10.2. The lowest BCUT2D eigenvalue weighted by Gasteiger charge is -2.20. The van der Waals surface area contributed by atoms with Crippen molar-refractivity contribution in [1.82, 2.24) is 9.97 Å². The van der Waals surface area contributed by atoms with E-state index in [4.69, 9.17) is 0 Å². The Kier molecular flexibility index (Phi) is 2.28. The fourth-order valence-electron chi connectivity index (χ4n) is 2.49. The average Bonchev–Trinajstić information content (AvgIpc) is 2.77. The molecular formula is C13H12N2O2. The number of carbonyl (C=O) groups excluding carboxylic acids is 2. The SMILES string of the molecule is O=C1CCCC(=O)C1c1ccnc2[nH]ccc12. The zero-order chi connectivity index (χ0) is 11.8. The summed E-state index contributed by atoms with van der Waals surface area (Å²) >= 11 is 0. The van der Waals surface area contributed by atoms with Gasteiger partial charge in [-0.05, 0) is 24.1 Å². The number of pyridine rings is 1. The highest BCUT2D eigenvalue weighted by molar-refractivity contribution is 6.11. The van der Waals surface area contributed by atoms with Crippen molar-refractivity contribution in [3.05, 3.63) is 30.1 Å². The summed E-state index contributed by atoms with van der Waals surface area (Å²) in [5, 5.41) is 0.876. The molecule has 0 radical (unpaired) electrons. The highest BCUT2D eigenvalue weighted by atomic mass is 16.2. The predicted molar refractivity (Wildman–Crippen MR) is 62.7 cm³/mol. The van der Waals surface area contributed by atoms with E-state index in [-0.39, 0.29) is 11.6 Å². The molecule has 2 aromatic rings. The molecule has 1 fully saturated rings. The van der Waals surface area contributed by atoms with Gasteiger partial charge in [-0.15, -0.1) is 0 Å². The smallest absolute Gasteiger partial charge is 0.147 e. The molecule has 0 amide bonds. The molecule has 1 aliphatic carbocycles. The van der Waals surface area contributed by atoms with E-state index in [1.807, 2.05) is 6.07 Å². The molecular weight excluding hydrogens is 216 g/mol. The fraction of sp³-hybridized carbons (Fsp3) is 0.308. The van der Waals surface area contributed by atoms with E-state index < -0.39 is 5.92 Å². The maximum absolute atomic E-state index is 11.9. The van der Waals surface area contributed by atoms with E-state index in [9.17, 15) is 9.59 Å². The van der Waals surface area contributed by atoms with Crippen LogP contribution in [0.4, 0.5) is 0 Å². The van der Waals surface area contributed by atoms with Gasteiger partial charge in [-0.2, -0.15) is 0 Å². The van der Waals surface area contributed by atoms with E-state index >= 15 is 0 Å². The van der Waals surface area contributed by atoms with Gasteiger partial charge in [0.25, 0.3) is 0 Å². The van der Waals surface area contributed by atoms with Crippen LogP contribution in [0.15, 0.2) is 24.5 Å². The van der Waals surface area contributed by atoms with Crippen LogP contribution < -0.4 is 0 Å². The van der Waals surface area contributed by atoms with Crippen LogP contribution in [0.25, 0.3) is 11.0 Å². The lowest BCUT2D eigenvalue weighted by molar-refractivity contribution is -0.131. The molecule has 1 aliphatic rings. The summed E-state index contributed by atoms with van der Waals surface area (Å²) in [6.07, 6.45) is 5.12. The predicted octanol–water partition coefficient (Wildman–Crippen LogP) is 1.97. The summed E-state index contributed by atoms with van der Waals surface area (Å²) in [4.78, 5) is 31.0. The van der Waals surface area contributed by atoms with E-state index in [1.165, 1.54) is 0 Å². The van der Waals surface area contributed by atoms with Gasteiger partial charge in [0, 0.05) is 30.6 Å². The van der Waals surface area contributed by atoms with Crippen LogP contribution in [0.3, 0.4) is 0 Å². The lowest BCUT2D eigenvalue weighted by atomic mass is 9.81. The van der Waals surface area contributed by atoms with Gasteiger partial charge in [-0.3, -0.25) is 9.59 Å². The number of fused-ring (bicyclic) bond motifs is 1. The van der Waals surface area contributed by atoms with Gasteiger partial charge in [0.05, 0.1) is 0 Å². The second-order valence-electron chi connectivity index (χ2n) is 4.36. The molecule has 1 N–H and O–H groups in total. The fourth-order valence-corrected chi connectivity index (χ4v) is 2.49. The van der Waals surface area contributed by atoms with Crippen molar-refractivity contribution in [3.63, 3.8) is 0 Å². The largest absolute Gasteiger partial charge is 0.346 e. The van der Waals surface area contributed by atoms with Crippen LogP contribution in [0.5, 0.6) is 0 Å². The minimum absolute atomic E-state index is 0.0370. The number of aromatic amines is 1. The Labute approximate surface area is 98.0 Å². The van der Waals surface area contributed by atoms with Gasteiger partial charge >= 0.3 is 0 Å². The van der Waals surface area contributed by atoms with E-state index in [2.05, 4.69) is 9.97 Å². The normalized spacial score (nSPS) is 17.9. The van der Waals surface area contributed by atoms with Crippen LogP contribution in [0.2, 0.25) is 0 Å². The summed E-state index contributed by atoms with van der Waals surface area (Å²) in [7, 11) is 0. The summed E-state index contributed by atoms with van der Waals surface area (Å²) < 4.78 is 0. The molecule has 1 saturated carbocycles. The van der Waals surface area contributed by atoms with Crippen LogP contribution >= 0.6 is 0 Å². The van der Waals surface area contributed by atoms with Gasteiger partial charge in [0.15, 0.2) is 0 Å². The number of Topliss-reactive ketones (excluding diaryl/α,β-unsaturated/α-hetero) is 2. The molecule has 3 rings (SSSR count). The molecule has 2 aromatic heterocycles. The minimum Gasteiger partial charge on any atom is -0.346 e. The Morgan fingerprint density at radius 1 is 1.18 bits per heavy atom.